The van der Waals surface area contributed by atoms with Gasteiger partial charge in [0.15, 0.2) is 0 Å². The predicted octanol–water partition coefficient (Wildman–Crippen LogP) is 5.60. The average molecular weight is 420 g/mol. The first-order valence-electron chi connectivity index (χ1n) is 8.28. The van der Waals surface area contributed by atoms with Crippen LogP contribution in [0.15, 0.2) is 60.8 Å². The molecule has 0 aliphatic carbocycles. The van der Waals surface area contributed by atoms with E-state index in [4.69, 9.17) is 11.6 Å². The van der Waals surface area contributed by atoms with Gasteiger partial charge in [-0.1, -0.05) is 29.8 Å². The zero-order chi connectivity index (χ0) is 20.8. The normalized spacial score (nSPS) is 11.8. The van der Waals surface area contributed by atoms with Crippen LogP contribution in [0, 0.1) is 5.82 Å². The zero-order valence-electron chi connectivity index (χ0n) is 14.4. The highest BCUT2D eigenvalue weighted by Gasteiger charge is 2.37. The van der Waals surface area contributed by atoms with Crippen LogP contribution in [0.5, 0.6) is 0 Å². The lowest BCUT2D eigenvalue weighted by Crippen LogP contribution is -2.20. The molecule has 0 saturated heterocycles. The number of fused-ring (bicyclic) bond motifs is 1. The Morgan fingerprint density at radius 3 is 2.48 bits per heavy atom. The molecule has 9 heteroatoms. The van der Waals surface area contributed by atoms with Gasteiger partial charge in [-0.05, 0) is 36.4 Å². The van der Waals surface area contributed by atoms with Gasteiger partial charge in [0, 0.05) is 11.8 Å². The quantitative estimate of drug-likeness (QED) is 0.397. The molecular weight excluding hydrogens is 410 g/mol. The van der Waals surface area contributed by atoms with Gasteiger partial charge in [-0.3, -0.25) is 9.78 Å². The molecule has 2 aromatic heterocycles. The maximum absolute atomic E-state index is 14.3. The summed E-state index contributed by atoms with van der Waals surface area (Å²) in [5, 5.41) is 3.73. The summed E-state index contributed by atoms with van der Waals surface area (Å²) in [4.78, 5) is 17.2. The topological polar surface area (TPSA) is 47.8 Å². The van der Waals surface area contributed by atoms with Crippen molar-refractivity contribution < 1.29 is 22.4 Å². The standard InChI is InChI=1S/C20H10ClF4N3O/c21-13-7-3-6-12(20(23,24)25)16(13)19(29)28-15-9-4-10-26-18(15)17(27-28)11-5-1-2-8-14(11)22/h1-10H. The molecule has 146 valence electrons. The molecule has 4 rings (SSSR count). The molecule has 0 fully saturated rings. The molecule has 0 aliphatic rings. The van der Waals surface area contributed by atoms with E-state index in [2.05, 4.69) is 10.1 Å². The van der Waals surface area contributed by atoms with Crippen LogP contribution in [0.4, 0.5) is 17.6 Å². The van der Waals surface area contributed by atoms with Gasteiger partial charge in [0.05, 0.1) is 21.7 Å². The lowest BCUT2D eigenvalue weighted by atomic mass is 10.1. The Balaban J connectivity index is 1.98. The highest BCUT2D eigenvalue weighted by atomic mass is 35.5. The first-order chi connectivity index (χ1) is 13.8. The van der Waals surface area contributed by atoms with Crippen molar-refractivity contribution in [1.82, 2.24) is 14.8 Å². The van der Waals surface area contributed by atoms with Crippen LogP contribution in [0.3, 0.4) is 0 Å². The molecule has 2 aromatic carbocycles. The number of benzene rings is 2. The first-order valence-corrected chi connectivity index (χ1v) is 8.66. The van der Waals surface area contributed by atoms with Crippen molar-refractivity contribution in [3.8, 4) is 11.3 Å². The molecule has 0 spiro atoms. The Bertz CT molecular complexity index is 1250. The minimum absolute atomic E-state index is 0.0349. The van der Waals surface area contributed by atoms with E-state index < -0.39 is 29.0 Å². The second-order valence-corrected chi connectivity index (χ2v) is 6.48. The number of carbonyl (C=O) groups is 1. The molecule has 4 aromatic rings. The van der Waals surface area contributed by atoms with Crippen LogP contribution in [-0.2, 0) is 6.18 Å². The second-order valence-electron chi connectivity index (χ2n) is 6.08. The molecular formula is C20H10ClF4N3O. The summed E-state index contributed by atoms with van der Waals surface area (Å²) in [7, 11) is 0. The monoisotopic (exact) mass is 419 g/mol. The summed E-state index contributed by atoms with van der Waals surface area (Å²) in [6, 6.07) is 11.7. The number of alkyl halides is 3. The van der Waals surface area contributed by atoms with E-state index in [-0.39, 0.29) is 27.3 Å². The fourth-order valence-corrected chi connectivity index (χ4v) is 3.28. The van der Waals surface area contributed by atoms with Crippen molar-refractivity contribution in [2.75, 3.05) is 0 Å². The molecule has 0 aliphatic heterocycles. The number of carbonyl (C=O) groups excluding carboxylic acids is 1. The third-order valence-corrected chi connectivity index (χ3v) is 4.61. The van der Waals surface area contributed by atoms with E-state index in [0.717, 1.165) is 16.8 Å². The van der Waals surface area contributed by atoms with Crippen molar-refractivity contribution in [3.63, 3.8) is 0 Å². The van der Waals surface area contributed by atoms with Crippen LogP contribution >= 0.6 is 11.6 Å². The van der Waals surface area contributed by atoms with Gasteiger partial charge in [-0.25, -0.2) is 4.39 Å². The number of hydrogen-bond acceptors (Lipinski definition) is 3. The maximum Gasteiger partial charge on any atom is 0.417 e. The number of pyridine rings is 1. The number of halogens is 5. The number of rotatable bonds is 2. The van der Waals surface area contributed by atoms with Gasteiger partial charge in [-0.2, -0.15) is 23.0 Å². The number of nitrogens with zero attached hydrogens (tertiary/aromatic N) is 3. The predicted molar refractivity (Wildman–Crippen MR) is 99.1 cm³/mol. The van der Waals surface area contributed by atoms with E-state index in [1.807, 2.05) is 0 Å². The summed E-state index contributed by atoms with van der Waals surface area (Å²) >= 11 is 5.94. The van der Waals surface area contributed by atoms with Gasteiger partial charge >= 0.3 is 6.18 Å². The van der Waals surface area contributed by atoms with E-state index in [1.165, 1.54) is 42.6 Å². The summed E-state index contributed by atoms with van der Waals surface area (Å²) in [5.41, 5.74) is -1.52. The van der Waals surface area contributed by atoms with Crippen LogP contribution in [0.25, 0.3) is 22.3 Å². The highest BCUT2D eigenvalue weighted by Crippen LogP contribution is 2.36. The molecule has 29 heavy (non-hydrogen) atoms. The smallest absolute Gasteiger partial charge is 0.267 e. The van der Waals surface area contributed by atoms with Crippen molar-refractivity contribution >= 4 is 28.5 Å². The molecule has 0 saturated carbocycles. The van der Waals surface area contributed by atoms with Gasteiger partial charge < -0.3 is 0 Å². The zero-order valence-corrected chi connectivity index (χ0v) is 15.2. The highest BCUT2D eigenvalue weighted by molar-refractivity contribution is 6.34. The SMILES string of the molecule is O=C(c1c(Cl)cccc1C(F)(F)F)n1nc(-c2ccccc2F)c2ncccc21. The molecule has 0 amide bonds. The van der Waals surface area contributed by atoms with Gasteiger partial charge in [0.25, 0.3) is 5.91 Å². The molecule has 0 bridgehead atoms. The van der Waals surface area contributed by atoms with Crippen molar-refractivity contribution in [1.29, 1.82) is 0 Å². The van der Waals surface area contributed by atoms with Gasteiger partial charge in [0.1, 0.15) is 17.0 Å². The van der Waals surface area contributed by atoms with Crippen molar-refractivity contribution in [3.05, 3.63) is 82.8 Å². The van der Waals surface area contributed by atoms with Crippen molar-refractivity contribution in [2.45, 2.75) is 6.18 Å². The third kappa shape index (κ3) is 3.25. The summed E-state index contributed by atoms with van der Waals surface area (Å²) in [6.45, 7) is 0. The maximum atomic E-state index is 14.3. The molecule has 4 nitrogen and oxygen atoms in total. The van der Waals surface area contributed by atoms with Crippen molar-refractivity contribution in [2.24, 2.45) is 0 Å². The van der Waals surface area contributed by atoms with Crippen LogP contribution in [0.2, 0.25) is 5.02 Å². The van der Waals surface area contributed by atoms with E-state index in [0.29, 0.717) is 0 Å². The van der Waals surface area contributed by atoms with Crippen LogP contribution in [0.1, 0.15) is 15.9 Å². The molecule has 2 heterocycles. The summed E-state index contributed by atoms with van der Waals surface area (Å²) in [6.07, 6.45) is -3.38. The Hall–Kier alpha value is -3.26. The largest absolute Gasteiger partial charge is 0.417 e. The fraction of sp³-hybridized carbons (Fsp3) is 0.0500. The minimum atomic E-state index is -4.80. The third-order valence-electron chi connectivity index (χ3n) is 4.29. The van der Waals surface area contributed by atoms with Gasteiger partial charge in [-0.15, -0.1) is 0 Å². The lowest BCUT2D eigenvalue weighted by molar-refractivity contribution is -0.137. The number of hydrogen-bond donors (Lipinski definition) is 0. The first kappa shape index (κ1) is 19.1. The lowest BCUT2D eigenvalue weighted by Gasteiger charge is -2.13. The summed E-state index contributed by atoms with van der Waals surface area (Å²) in [5.74, 6) is -1.70. The molecule has 0 N–H and O–H groups in total. The number of aromatic nitrogens is 3. The second kappa shape index (κ2) is 6.97. The molecule has 0 atom stereocenters. The Labute approximate surface area is 166 Å². The fourth-order valence-electron chi connectivity index (χ4n) is 3.02. The Morgan fingerprint density at radius 1 is 1.00 bits per heavy atom. The van der Waals surface area contributed by atoms with Crippen LogP contribution in [-0.4, -0.2) is 20.7 Å². The van der Waals surface area contributed by atoms with Gasteiger partial charge in [0.2, 0.25) is 0 Å². The minimum Gasteiger partial charge on any atom is -0.267 e. The van der Waals surface area contributed by atoms with E-state index >= 15 is 0 Å². The Kier molecular flexibility index (Phi) is 4.58. The average Bonchev–Trinajstić information content (AvgIpc) is 3.06. The molecule has 0 radical (unpaired) electrons. The summed E-state index contributed by atoms with van der Waals surface area (Å²) < 4.78 is 55.4. The van der Waals surface area contributed by atoms with E-state index in [1.54, 1.807) is 6.07 Å². The van der Waals surface area contributed by atoms with E-state index in [9.17, 15) is 22.4 Å². The van der Waals surface area contributed by atoms with Crippen LogP contribution < -0.4 is 0 Å². The molecule has 0 unspecified atom stereocenters. The Morgan fingerprint density at radius 2 is 1.76 bits per heavy atom.